The number of esters is 1. The van der Waals surface area contributed by atoms with E-state index < -0.39 is 28.1 Å². The number of H-pyrrole nitrogens is 2. The molecule has 2 aromatic rings. The number of carbonyl (C=O) groups excluding carboxylic acids is 1. The maximum atomic E-state index is 12.5. The Hall–Kier alpha value is -3.69. The summed E-state index contributed by atoms with van der Waals surface area (Å²) in [6.07, 6.45) is 0. The number of anilines is 1. The van der Waals surface area contributed by atoms with Crippen LogP contribution in [0.3, 0.4) is 0 Å². The van der Waals surface area contributed by atoms with E-state index in [9.17, 15) is 24.5 Å². The summed E-state index contributed by atoms with van der Waals surface area (Å²) in [6.45, 7) is 1.55. The van der Waals surface area contributed by atoms with Gasteiger partial charge in [0.25, 0.3) is 11.2 Å². The number of benzene rings is 1. The summed E-state index contributed by atoms with van der Waals surface area (Å²) in [5, 5.41) is 14.2. The van der Waals surface area contributed by atoms with Crippen LogP contribution in [-0.2, 0) is 9.53 Å². The normalized spacial score (nSPS) is 15.8. The van der Waals surface area contributed by atoms with Gasteiger partial charge in [-0.25, -0.2) is 9.59 Å². The Morgan fingerprint density at radius 2 is 1.92 bits per heavy atom. The number of methoxy groups -OCH3 is 1. The van der Waals surface area contributed by atoms with E-state index in [0.717, 1.165) is 0 Å². The predicted octanol–water partition coefficient (Wildman–Crippen LogP) is 0.976. The van der Waals surface area contributed by atoms with Crippen molar-refractivity contribution in [3.05, 3.63) is 77.6 Å². The van der Waals surface area contributed by atoms with Crippen LogP contribution in [0, 0.1) is 10.1 Å². The van der Waals surface area contributed by atoms with Crippen molar-refractivity contribution in [1.29, 1.82) is 0 Å². The number of fused-ring (bicyclic) bond motifs is 1. The summed E-state index contributed by atoms with van der Waals surface area (Å²) in [4.78, 5) is 51.8. The van der Waals surface area contributed by atoms with Crippen LogP contribution in [0.5, 0.6) is 0 Å². The molecule has 10 nitrogen and oxygen atoms in total. The third-order valence-electron chi connectivity index (χ3n) is 4.12. The lowest BCUT2D eigenvalue weighted by atomic mass is 9.81. The van der Waals surface area contributed by atoms with Crippen LogP contribution in [0.2, 0.25) is 0 Å². The molecule has 0 spiro atoms. The number of nitro groups is 1. The molecule has 2 heterocycles. The molecule has 10 heteroatoms. The van der Waals surface area contributed by atoms with Gasteiger partial charge in [-0.1, -0.05) is 18.2 Å². The third kappa shape index (κ3) is 2.66. The highest BCUT2D eigenvalue weighted by Gasteiger charge is 2.38. The predicted molar refractivity (Wildman–Crippen MR) is 91.0 cm³/mol. The minimum absolute atomic E-state index is 0.00935. The Morgan fingerprint density at radius 3 is 2.58 bits per heavy atom. The molecule has 0 saturated carbocycles. The molecule has 0 amide bonds. The quantitative estimate of drug-likeness (QED) is 0.421. The largest absolute Gasteiger partial charge is 0.466 e. The second-order valence-corrected chi connectivity index (χ2v) is 5.60. The molecule has 1 aliphatic heterocycles. The molecule has 0 saturated heterocycles. The van der Waals surface area contributed by atoms with Crippen molar-refractivity contribution in [3.63, 3.8) is 0 Å². The molecule has 0 bridgehead atoms. The van der Waals surface area contributed by atoms with E-state index in [2.05, 4.69) is 15.3 Å². The van der Waals surface area contributed by atoms with Crippen molar-refractivity contribution < 1.29 is 14.5 Å². The van der Waals surface area contributed by atoms with Crippen molar-refractivity contribution in [2.75, 3.05) is 12.4 Å². The third-order valence-corrected chi connectivity index (χ3v) is 4.12. The number of nitrogens with one attached hydrogen (secondary N) is 3. The molecule has 0 fully saturated rings. The van der Waals surface area contributed by atoms with Gasteiger partial charge < -0.3 is 10.1 Å². The lowest BCUT2D eigenvalue weighted by Gasteiger charge is -2.28. The summed E-state index contributed by atoms with van der Waals surface area (Å²) in [6, 6.07) is 5.78. The van der Waals surface area contributed by atoms with Crippen molar-refractivity contribution in [1.82, 2.24) is 9.97 Å². The maximum absolute atomic E-state index is 12.5. The molecule has 1 aliphatic rings. The van der Waals surface area contributed by atoms with E-state index in [-0.39, 0.29) is 28.2 Å². The van der Waals surface area contributed by atoms with Crippen LogP contribution in [0.15, 0.2) is 45.1 Å². The van der Waals surface area contributed by atoms with Crippen molar-refractivity contribution in [2.24, 2.45) is 0 Å². The van der Waals surface area contributed by atoms with E-state index in [1.54, 1.807) is 13.0 Å². The number of carbonyl (C=O) groups is 1. The zero-order valence-electron chi connectivity index (χ0n) is 13.8. The zero-order chi connectivity index (χ0) is 19.0. The Kier molecular flexibility index (Phi) is 4.16. The number of aromatic nitrogens is 2. The summed E-state index contributed by atoms with van der Waals surface area (Å²) >= 11 is 0. The highest BCUT2D eigenvalue weighted by atomic mass is 16.6. The van der Waals surface area contributed by atoms with Gasteiger partial charge in [0, 0.05) is 17.3 Å². The van der Waals surface area contributed by atoms with Gasteiger partial charge in [-0.15, -0.1) is 0 Å². The average molecular weight is 358 g/mol. The number of nitrogens with zero attached hydrogens (tertiary/aromatic N) is 1. The van der Waals surface area contributed by atoms with Gasteiger partial charge in [0.15, 0.2) is 0 Å². The molecule has 1 unspecified atom stereocenters. The first kappa shape index (κ1) is 17.1. The minimum atomic E-state index is -1.08. The van der Waals surface area contributed by atoms with Gasteiger partial charge in [0.2, 0.25) is 0 Å². The Labute approximate surface area is 145 Å². The molecule has 1 aromatic heterocycles. The molecule has 26 heavy (non-hydrogen) atoms. The van der Waals surface area contributed by atoms with E-state index in [1.165, 1.54) is 25.3 Å². The standard InChI is InChI=1S/C16H14N4O6/c1-7-10(15(22)26-2)11(8-5-3-4-6-9(8)20(24)25)12-13(17-7)18-16(23)19-14(12)21/h3-6,11H,1-2H3,(H3,17,18,19,21,23). The van der Waals surface area contributed by atoms with Crippen LogP contribution >= 0.6 is 0 Å². The number of allylic oxidation sites excluding steroid dienone is 1. The first-order valence-electron chi connectivity index (χ1n) is 7.51. The van der Waals surface area contributed by atoms with E-state index in [4.69, 9.17) is 4.74 Å². The summed E-state index contributed by atoms with van der Waals surface area (Å²) in [7, 11) is 1.17. The Bertz CT molecular complexity index is 1060. The molecule has 3 N–H and O–H groups in total. The van der Waals surface area contributed by atoms with Crippen molar-refractivity contribution in [2.45, 2.75) is 12.8 Å². The fourth-order valence-electron chi connectivity index (χ4n) is 3.08. The monoisotopic (exact) mass is 358 g/mol. The van der Waals surface area contributed by atoms with E-state index in [0.29, 0.717) is 5.70 Å². The lowest BCUT2D eigenvalue weighted by molar-refractivity contribution is -0.385. The van der Waals surface area contributed by atoms with Crippen LogP contribution in [0.4, 0.5) is 11.5 Å². The average Bonchev–Trinajstić information content (AvgIpc) is 2.59. The second kappa shape index (κ2) is 6.31. The topological polar surface area (TPSA) is 147 Å². The lowest BCUT2D eigenvalue weighted by Crippen LogP contribution is -2.35. The Balaban J connectivity index is 2.40. The number of para-hydroxylation sites is 1. The number of hydrogen-bond donors (Lipinski definition) is 3. The molecule has 0 radical (unpaired) electrons. The fraction of sp³-hybridized carbons (Fsp3) is 0.188. The van der Waals surface area contributed by atoms with Crippen LogP contribution in [-0.4, -0.2) is 28.0 Å². The maximum Gasteiger partial charge on any atom is 0.336 e. The van der Waals surface area contributed by atoms with Crippen molar-refractivity contribution in [3.8, 4) is 0 Å². The van der Waals surface area contributed by atoms with E-state index >= 15 is 0 Å². The first-order chi connectivity index (χ1) is 12.3. The van der Waals surface area contributed by atoms with Gasteiger partial charge in [0.05, 0.1) is 29.1 Å². The molecule has 134 valence electrons. The molecule has 0 aliphatic carbocycles. The highest BCUT2D eigenvalue weighted by Crippen LogP contribution is 2.42. The smallest absolute Gasteiger partial charge is 0.336 e. The molecule has 1 aromatic carbocycles. The van der Waals surface area contributed by atoms with Gasteiger partial charge in [0.1, 0.15) is 5.82 Å². The summed E-state index contributed by atoms with van der Waals surface area (Å²) in [5.41, 5.74) is -1.27. The molecular formula is C16H14N4O6. The van der Waals surface area contributed by atoms with Crippen molar-refractivity contribution >= 4 is 17.5 Å². The van der Waals surface area contributed by atoms with E-state index in [1.807, 2.05) is 0 Å². The SMILES string of the molecule is COC(=O)C1=C(C)Nc2[nH]c(=O)[nH]c(=O)c2C1c1ccccc1[N+](=O)[O-]. The fourth-order valence-corrected chi connectivity index (χ4v) is 3.08. The van der Waals surface area contributed by atoms with Gasteiger partial charge in [-0.05, 0) is 6.92 Å². The van der Waals surface area contributed by atoms with Gasteiger partial charge >= 0.3 is 11.7 Å². The number of rotatable bonds is 3. The second-order valence-electron chi connectivity index (χ2n) is 5.60. The van der Waals surface area contributed by atoms with Gasteiger partial charge in [-0.3, -0.25) is 24.9 Å². The van der Waals surface area contributed by atoms with Crippen LogP contribution in [0.25, 0.3) is 0 Å². The summed E-state index contributed by atoms with van der Waals surface area (Å²) < 4.78 is 4.80. The van der Waals surface area contributed by atoms with Crippen LogP contribution < -0.4 is 16.6 Å². The van der Waals surface area contributed by atoms with Crippen LogP contribution in [0.1, 0.15) is 24.0 Å². The summed E-state index contributed by atoms with van der Waals surface area (Å²) in [5.74, 6) is -1.75. The minimum Gasteiger partial charge on any atom is -0.466 e. The van der Waals surface area contributed by atoms with Gasteiger partial charge in [-0.2, -0.15) is 0 Å². The number of nitro benzene ring substituents is 1. The highest BCUT2D eigenvalue weighted by molar-refractivity contribution is 5.94. The number of hydrogen-bond acceptors (Lipinski definition) is 7. The molecule has 3 rings (SSSR count). The zero-order valence-corrected chi connectivity index (χ0v) is 13.8. The first-order valence-corrected chi connectivity index (χ1v) is 7.51. The molecule has 1 atom stereocenters. The number of aromatic amines is 2. The Morgan fingerprint density at radius 1 is 1.23 bits per heavy atom. The molecular weight excluding hydrogens is 344 g/mol. The number of ether oxygens (including phenoxy) is 1.